The van der Waals surface area contributed by atoms with E-state index in [-0.39, 0.29) is 17.8 Å². The second-order valence-corrected chi connectivity index (χ2v) is 9.78. The molecule has 2 aromatic heterocycles. The third-order valence-corrected chi connectivity index (χ3v) is 7.35. The van der Waals surface area contributed by atoms with Crippen molar-refractivity contribution in [3.63, 3.8) is 0 Å². The van der Waals surface area contributed by atoms with E-state index in [2.05, 4.69) is 29.9 Å². The summed E-state index contributed by atoms with van der Waals surface area (Å²) >= 11 is 1.90. The molecule has 5 rings (SSSR count). The predicted molar refractivity (Wildman–Crippen MR) is 127 cm³/mol. The maximum Gasteiger partial charge on any atom is 0.573 e. The zero-order valence-electron chi connectivity index (χ0n) is 18.4. The van der Waals surface area contributed by atoms with Crippen LogP contribution in [0.2, 0.25) is 0 Å². The monoisotopic (exact) mass is 493 g/mol. The summed E-state index contributed by atoms with van der Waals surface area (Å²) in [6.07, 6.45) is 2.21. The van der Waals surface area contributed by atoms with Crippen molar-refractivity contribution in [2.75, 3.05) is 22.1 Å². The number of alkyl halides is 3. The number of rotatable bonds is 6. The van der Waals surface area contributed by atoms with Gasteiger partial charge in [-0.25, -0.2) is 4.98 Å². The van der Waals surface area contributed by atoms with Gasteiger partial charge in [-0.1, -0.05) is 12.8 Å². The number of ether oxygens (including phenoxy) is 1. The van der Waals surface area contributed by atoms with Crippen LogP contribution in [-0.4, -0.2) is 49.5 Å². The zero-order chi connectivity index (χ0) is 23.7. The van der Waals surface area contributed by atoms with E-state index in [1.807, 2.05) is 11.8 Å². The van der Waals surface area contributed by atoms with Crippen molar-refractivity contribution in [3.8, 4) is 5.75 Å². The van der Waals surface area contributed by atoms with Gasteiger partial charge in [-0.2, -0.15) is 21.7 Å². The van der Waals surface area contributed by atoms with Gasteiger partial charge in [-0.05, 0) is 49.3 Å². The van der Waals surface area contributed by atoms with Gasteiger partial charge in [0.1, 0.15) is 5.75 Å². The first-order valence-corrected chi connectivity index (χ1v) is 12.5. The van der Waals surface area contributed by atoms with Gasteiger partial charge >= 0.3 is 6.36 Å². The molecule has 2 fully saturated rings. The summed E-state index contributed by atoms with van der Waals surface area (Å²) in [5.74, 6) is 2.74. The van der Waals surface area contributed by atoms with E-state index in [9.17, 15) is 13.2 Å². The summed E-state index contributed by atoms with van der Waals surface area (Å²) in [6, 6.07) is 5.93. The van der Waals surface area contributed by atoms with Crippen LogP contribution in [0, 0.1) is 0 Å². The lowest BCUT2D eigenvalue weighted by Crippen LogP contribution is -2.43. The summed E-state index contributed by atoms with van der Waals surface area (Å²) in [5, 5.41) is 6.60. The molecule has 34 heavy (non-hydrogen) atoms. The average molecular weight is 494 g/mol. The summed E-state index contributed by atoms with van der Waals surface area (Å²) < 4.78 is 43.5. The van der Waals surface area contributed by atoms with Crippen molar-refractivity contribution in [1.29, 1.82) is 0 Å². The van der Waals surface area contributed by atoms with Crippen LogP contribution in [0.4, 0.5) is 30.6 Å². The summed E-state index contributed by atoms with van der Waals surface area (Å²) in [4.78, 5) is 14.0. The molecule has 8 nitrogen and oxygen atoms in total. The summed E-state index contributed by atoms with van der Waals surface area (Å²) in [6.45, 7) is 0. The number of imidazole rings is 1. The van der Waals surface area contributed by atoms with Crippen molar-refractivity contribution >= 4 is 40.4 Å². The number of aromatic nitrogens is 4. The van der Waals surface area contributed by atoms with Crippen molar-refractivity contribution < 1.29 is 17.9 Å². The smallest absolute Gasteiger partial charge is 0.406 e. The first-order chi connectivity index (χ1) is 16.4. The number of hydrogen-bond donors (Lipinski definition) is 3. The molecule has 1 saturated heterocycles. The Balaban J connectivity index is 1.46. The normalized spacial score (nSPS) is 23.2. The molecule has 0 spiro atoms. The van der Waals surface area contributed by atoms with Crippen LogP contribution in [-0.2, 0) is 0 Å². The molecule has 3 aromatic rings. The van der Waals surface area contributed by atoms with Crippen LogP contribution in [0.15, 0.2) is 30.6 Å². The van der Waals surface area contributed by atoms with E-state index >= 15 is 0 Å². The van der Waals surface area contributed by atoms with Crippen LogP contribution in [0.1, 0.15) is 38.1 Å². The van der Waals surface area contributed by atoms with Gasteiger partial charge in [0.05, 0.1) is 6.33 Å². The molecule has 3 heterocycles. The maximum absolute atomic E-state index is 12.5. The number of hydrogen-bond acceptors (Lipinski definition) is 8. The lowest BCUT2D eigenvalue weighted by Gasteiger charge is -2.29. The minimum Gasteiger partial charge on any atom is -0.406 e. The van der Waals surface area contributed by atoms with Crippen molar-refractivity contribution in [2.24, 2.45) is 5.73 Å². The third kappa shape index (κ3) is 5.17. The van der Waals surface area contributed by atoms with Gasteiger partial charge in [0.15, 0.2) is 17.0 Å². The highest BCUT2D eigenvalue weighted by atomic mass is 32.2. The molecule has 1 aliphatic carbocycles. The number of halogens is 3. The molecule has 1 aromatic carbocycles. The van der Waals surface area contributed by atoms with E-state index in [0.717, 1.165) is 43.6 Å². The molecule has 1 aliphatic heterocycles. The van der Waals surface area contributed by atoms with Crippen LogP contribution in [0.3, 0.4) is 0 Å². The number of nitrogens with one attached hydrogen (secondary N) is 2. The topological polar surface area (TPSA) is 103 Å². The fraction of sp³-hybridized carbons (Fsp3) is 0.500. The van der Waals surface area contributed by atoms with Gasteiger partial charge in [-0.3, -0.25) is 0 Å². The molecule has 4 N–H and O–H groups in total. The summed E-state index contributed by atoms with van der Waals surface area (Å²) in [7, 11) is 0. The fourth-order valence-electron chi connectivity index (χ4n) is 4.46. The van der Waals surface area contributed by atoms with Crippen LogP contribution >= 0.6 is 11.8 Å². The van der Waals surface area contributed by atoms with Crippen LogP contribution in [0.5, 0.6) is 5.75 Å². The van der Waals surface area contributed by atoms with Gasteiger partial charge in [0.2, 0.25) is 5.95 Å². The highest BCUT2D eigenvalue weighted by molar-refractivity contribution is 7.99. The Kier molecular flexibility index (Phi) is 6.43. The Morgan fingerprint density at radius 2 is 1.88 bits per heavy atom. The first kappa shape index (κ1) is 23.0. The summed E-state index contributed by atoms with van der Waals surface area (Å²) in [5.41, 5.74) is 8.20. The number of nitrogens with two attached hydrogens (primary N) is 1. The van der Waals surface area contributed by atoms with Crippen LogP contribution < -0.4 is 21.1 Å². The second kappa shape index (κ2) is 9.49. The number of anilines is 3. The maximum atomic E-state index is 12.5. The van der Waals surface area contributed by atoms with Gasteiger partial charge < -0.3 is 25.7 Å². The molecule has 3 unspecified atom stereocenters. The Bertz CT molecular complexity index is 1130. The van der Waals surface area contributed by atoms with Gasteiger partial charge in [0.25, 0.3) is 0 Å². The molecule has 12 heteroatoms. The zero-order valence-corrected chi connectivity index (χ0v) is 19.2. The quantitative estimate of drug-likeness (QED) is 0.449. The molecular weight excluding hydrogens is 467 g/mol. The van der Waals surface area contributed by atoms with Gasteiger partial charge in [-0.15, -0.1) is 13.2 Å². The molecule has 3 atom stereocenters. The molecule has 0 radical (unpaired) electrons. The minimum absolute atomic E-state index is 0.0294. The molecular formula is C22H26F3N7OS. The highest BCUT2D eigenvalue weighted by Gasteiger charge is 2.31. The van der Waals surface area contributed by atoms with Crippen molar-refractivity contribution in [3.05, 3.63) is 30.6 Å². The Hall–Kier alpha value is -2.73. The number of fused-ring (bicyclic) bond motifs is 1. The van der Waals surface area contributed by atoms with E-state index in [4.69, 9.17) is 10.7 Å². The lowest BCUT2D eigenvalue weighted by atomic mass is 9.91. The lowest BCUT2D eigenvalue weighted by molar-refractivity contribution is -0.274. The molecule has 2 aliphatic rings. The van der Waals surface area contributed by atoms with E-state index in [1.165, 1.54) is 24.3 Å². The van der Waals surface area contributed by atoms with Crippen molar-refractivity contribution in [1.82, 2.24) is 19.5 Å². The third-order valence-electron chi connectivity index (χ3n) is 6.21. The molecule has 182 valence electrons. The number of benzene rings is 1. The standard InChI is InChI=1S/C22H26F3N7OS/c23-22(24,25)33-15-7-5-13(6-8-15)28-19-18-20(32(12-27-18)14-9-10-34-11-14)31-21(30-19)29-17-4-2-1-3-16(17)26/h5-8,12,14,16-17H,1-4,9-11,26H2,(H2,28,29,30,31). The van der Waals surface area contributed by atoms with E-state index in [0.29, 0.717) is 34.7 Å². The molecule has 1 saturated carbocycles. The van der Waals surface area contributed by atoms with E-state index in [1.54, 1.807) is 6.33 Å². The molecule has 0 amide bonds. The van der Waals surface area contributed by atoms with Crippen LogP contribution in [0.25, 0.3) is 11.2 Å². The Morgan fingerprint density at radius 3 is 2.59 bits per heavy atom. The largest absolute Gasteiger partial charge is 0.573 e. The molecule has 0 bridgehead atoms. The first-order valence-electron chi connectivity index (χ1n) is 11.3. The Labute approximate surface area is 198 Å². The number of nitrogens with zero attached hydrogens (tertiary/aromatic N) is 4. The number of thioether (sulfide) groups is 1. The van der Waals surface area contributed by atoms with E-state index < -0.39 is 6.36 Å². The van der Waals surface area contributed by atoms with Crippen molar-refractivity contribution in [2.45, 2.75) is 56.6 Å². The Morgan fingerprint density at radius 1 is 1.09 bits per heavy atom. The average Bonchev–Trinajstić information content (AvgIpc) is 3.46. The van der Waals surface area contributed by atoms with Gasteiger partial charge in [0, 0.05) is 29.6 Å². The second-order valence-electron chi connectivity index (χ2n) is 8.63. The SMILES string of the molecule is NC1CCCCC1Nc1nc(Nc2ccc(OC(F)(F)F)cc2)c2ncn(C3CCSC3)c2n1. The fourth-order valence-corrected chi connectivity index (χ4v) is 5.66. The minimum atomic E-state index is -4.74. The highest BCUT2D eigenvalue weighted by Crippen LogP contribution is 2.33. The predicted octanol–water partition coefficient (Wildman–Crippen LogP) is 4.83.